The summed E-state index contributed by atoms with van der Waals surface area (Å²) in [5.74, 6) is -1.24. The Hall–Kier alpha value is -1.58. The second-order valence-electron chi connectivity index (χ2n) is 9.27. The van der Waals surface area contributed by atoms with Crippen LogP contribution in [0.1, 0.15) is 74.6 Å². The Bertz CT molecular complexity index is 879. The lowest BCUT2D eigenvalue weighted by Gasteiger charge is -2.51. The van der Waals surface area contributed by atoms with Crippen LogP contribution in [0.2, 0.25) is 0 Å². The smallest absolute Gasteiger partial charge is 0.327 e. The standard InChI is InChI=1S/C21H29N3O4S2/c1-20(2)15(17(26)27)24-18(28)21(3,19(24)30-20)23-16(25)14(22)13-10-9-12(29-13)11-7-5-4-6-8-11/h9-11,14-15,19H,4-8,22H2,1-3H3,(H,23,25)(H,26,27)/t14?,15-,19+,21-/m0/s1. The minimum Gasteiger partial charge on any atom is -0.480 e. The maximum atomic E-state index is 12.9. The minimum absolute atomic E-state index is 0.368. The fourth-order valence-electron chi connectivity index (χ4n) is 4.94. The third kappa shape index (κ3) is 3.35. The number of β-lactam (4-membered cyclic amide) rings is 1. The Kier molecular flexibility index (Phi) is 5.43. The number of rotatable bonds is 5. The summed E-state index contributed by atoms with van der Waals surface area (Å²) in [5.41, 5.74) is 5.10. The van der Waals surface area contributed by atoms with Gasteiger partial charge in [-0.1, -0.05) is 19.3 Å². The quantitative estimate of drug-likeness (QED) is 0.594. The van der Waals surface area contributed by atoms with Gasteiger partial charge in [0.2, 0.25) is 5.91 Å². The fourth-order valence-corrected chi connectivity index (χ4v) is 7.77. The maximum Gasteiger partial charge on any atom is 0.327 e. The summed E-state index contributed by atoms with van der Waals surface area (Å²) in [6, 6.07) is 2.24. The number of carbonyl (C=O) groups excluding carboxylic acids is 2. The number of hydrogen-bond acceptors (Lipinski definition) is 6. The molecule has 2 saturated heterocycles. The minimum atomic E-state index is -1.15. The number of amides is 2. The number of aliphatic carboxylic acids is 1. The highest BCUT2D eigenvalue weighted by atomic mass is 32.2. The molecule has 1 aliphatic carbocycles. The molecule has 4 N–H and O–H groups in total. The van der Waals surface area contributed by atoms with Crippen LogP contribution in [0.15, 0.2) is 12.1 Å². The van der Waals surface area contributed by atoms with Gasteiger partial charge in [0, 0.05) is 14.5 Å². The van der Waals surface area contributed by atoms with Gasteiger partial charge in [0.05, 0.1) is 0 Å². The van der Waals surface area contributed by atoms with Gasteiger partial charge in [-0.3, -0.25) is 9.59 Å². The average molecular weight is 452 g/mol. The van der Waals surface area contributed by atoms with E-state index in [4.69, 9.17) is 5.73 Å². The first-order valence-corrected chi connectivity index (χ1v) is 12.2. The highest BCUT2D eigenvalue weighted by Crippen LogP contribution is 2.54. The lowest BCUT2D eigenvalue weighted by atomic mass is 9.86. The fraction of sp³-hybridized carbons (Fsp3) is 0.667. The van der Waals surface area contributed by atoms with Gasteiger partial charge in [-0.05, 0) is 51.7 Å². The molecule has 3 fully saturated rings. The van der Waals surface area contributed by atoms with E-state index in [1.165, 1.54) is 53.6 Å². The average Bonchev–Trinajstić information content (AvgIpc) is 3.29. The van der Waals surface area contributed by atoms with E-state index < -0.39 is 39.6 Å². The number of nitrogens with one attached hydrogen (secondary N) is 1. The Morgan fingerprint density at radius 2 is 1.90 bits per heavy atom. The van der Waals surface area contributed by atoms with Gasteiger partial charge in [-0.2, -0.15) is 0 Å². The van der Waals surface area contributed by atoms with E-state index in [-0.39, 0.29) is 5.91 Å². The molecule has 2 aliphatic heterocycles. The molecule has 4 rings (SSSR count). The van der Waals surface area contributed by atoms with Crippen molar-refractivity contribution in [2.24, 2.45) is 5.73 Å². The lowest BCUT2D eigenvalue weighted by molar-refractivity contribution is -0.168. The Labute approximate surface area is 184 Å². The number of thioether (sulfide) groups is 1. The Morgan fingerprint density at radius 3 is 2.53 bits per heavy atom. The van der Waals surface area contributed by atoms with E-state index in [9.17, 15) is 19.5 Å². The number of carbonyl (C=O) groups is 3. The van der Waals surface area contributed by atoms with Gasteiger partial charge in [0.15, 0.2) is 0 Å². The van der Waals surface area contributed by atoms with E-state index in [1.54, 1.807) is 18.3 Å². The number of hydrogen-bond donors (Lipinski definition) is 3. The van der Waals surface area contributed by atoms with Crippen LogP contribution in [-0.4, -0.2) is 49.5 Å². The molecule has 0 bridgehead atoms. The zero-order valence-corrected chi connectivity index (χ0v) is 19.1. The van der Waals surface area contributed by atoms with E-state index >= 15 is 0 Å². The predicted octanol–water partition coefficient (Wildman–Crippen LogP) is 2.82. The first-order valence-electron chi connectivity index (χ1n) is 10.5. The molecular weight excluding hydrogens is 422 g/mol. The topological polar surface area (TPSA) is 113 Å². The number of carboxylic acid groups (broad SMARTS) is 1. The van der Waals surface area contributed by atoms with Crippen LogP contribution in [-0.2, 0) is 14.4 Å². The van der Waals surface area contributed by atoms with Crippen molar-refractivity contribution in [2.45, 2.75) is 86.5 Å². The third-order valence-electron chi connectivity index (χ3n) is 6.64. The molecule has 4 atom stereocenters. The zero-order chi connectivity index (χ0) is 21.8. The van der Waals surface area contributed by atoms with Crippen molar-refractivity contribution >= 4 is 40.9 Å². The molecule has 1 saturated carbocycles. The molecule has 1 unspecified atom stereocenters. The van der Waals surface area contributed by atoms with Crippen LogP contribution in [0.3, 0.4) is 0 Å². The van der Waals surface area contributed by atoms with Gasteiger partial charge in [0.1, 0.15) is 23.0 Å². The number of nitrogens with two attached hydrogens (primary N) is 1. The second-order valence-corrected chi connectivity index (χ2v) is 12.2. The van der Waals surface area contributed by atoms with E-state index in [0.29, 0.717) is 5.92 Å². The number of carboxylic acids is 1. The van der Waals surface area contributed by atoms with Crippen molar-refractivity contribution in [1.29, 1.82) is 0 Å². The van der Waals surface area contributed by atoms with Gasteiger partial charge >= 0.3 is 5.97 Å². The summed E-state index contributed by atoms with van der Waals surface area (Å²) >= 11 is 3.00. The Morgan fingerprint density at radius 1 is 1.23 bits per heavy atom. The van der Waals surface area contributed by atoms with Crippen molar-refractivity contribution in [2.75, 3.05) is 0 Å². The van der Waals surface area contributed by atoms with Crippen molar-refractivity contribution in [1.82, 2.24) is 10.2 Å². The molecule has 9 heteroatoms. The molecule has 1 aromatic rings. The molecule has 164 valence electrons. The summed E-state index contributed by atoms with van der Waals surface area (Å²) < 4.78 is -0.639. The monoisotopic (exact) mass is 451 g/mol. The van der Waals surface area contributed by atoms with Crippen LogP contribution in [0.25, 0.3) is 0 Å². The highest BCUT2D eigenvalue weighted by molar-refractivity contribution is 8.01. The SMILES string of the molecule is CC1(C)S[C@H]2N(C(=O)[C@]2(C)NC(=O)C(N)c2ccc(C3CCCCC3)s2)[C@H]1C(=O)O. The van der Waals surface area contributed by atoms with Crippen molar-refractivity contribution in [3.8, 4) is 0 Å². The Balaban J connectivity index is 1.46. The van der Waals surface area contributed by atoms with Gasteiger partial charge in [0.25, 0.3) is 5.91 Å². The van der Waals surface area contributed by atoms with Gasteiger partial charge in [-0.15, -0.1) is 23.1 Å². The molecule has 0 aromatic carbocycles. The van der Waals surface area contributed by atoms with Crippen molar-refractivity contribution in [3.05, 3.63) is 21.9 Å². The lowest BCUT2D eigenvalue weighted by Crippen LogP contribution is -2.78. The van der Waals surface area contributed by atoms with Gasteiger partial charge < -0.3 is 21.1 Å². The number of nitrogens with zero attached hydrogens (tertiary/aromatic N) is 1. The summed E-state index contributed by atoms with van der Waals surface area (Å²) in [7, 11) is 0. The van der Waals surface area contributed by atoms with Crippen molar-refractivity contribution < 1.29 is 19.5 Å². The maximum absolute atomic E-state index is 12.9. The van der Waals surface area contributed by atoms with E-state index in [2.05, 4.69) is 11.4 Å². The number of fused-ring (bicyclic) bond motifs is 1. The second kappa shape index (κ2) is 7.53. The summed E-state index contributed by atoms with van der Waals surface area (Å²) in [6.07, 6.45) is 6.15. The first-order chi connectivity index (χ1) is 14.1. The number of thiophene rings is 1. The van der Waals surface area contributed by atoms with Crippen LogP contribution >= 0.6 is 23.1 Å². The van der Waals surface area contributed by atoms with Gasteiger partial charge in [-0.25, -0.2) is 4.79 Å². The zero-order valence-electron chi connectivity index (χ0n) is 17.5. The predicted molar refractivity (Wildman–Crippen MR) is 117 cm³/mol. The van der Waals surface area contributed by atoms with E-state index in [1.807, 2.05) is 19.9 Å². The molecular formula is C21H29N3O4S2. The van der Waals surface area contributed by atoms with Crippen LogP contribution in [0, 0.1) is 0 Å². The van der Waals surface area contributed by atoms with Crippen molar-refractivity contribution in [3.63, 3.8) is 0 Å². The molecule has 2 amide bonds. The summed E-state index contributed by atoms with van der Waals surface area (Å²) in [6.45, 7) is 5.29. The normalized spacial score (nSPS) is 31.7. The van der Waals surface area contributed by atoms with E-state index in [0.717, 1.165) is 4.88 Å². The summed E-state index contributed by atoms with van der Waals surface area (Å²) in [5, 5.41) is 12.0. The molecule has 1 aromatic heterocycles. The highest BCUT2D eigenvalue weighted by Gasteiger charge is 2.70. The first kappa shape index (κ1) is 21.6. The van der Waals surface area contributed by atoms with Crippen LogP contribution in [0.4, 0.5) is 0 Å². The molecule has 7 nitrogen and oxygen atoms in total. The molecule has 3 aliphatic rings. The molecule has 0 spiro atoms. The molecule has 30 heavy (non-hydrogen) atoms. The largest absolute Gasteiger partial charge is 0.480 e. The molecule has 3 heterocycles. The third-order valence-corrected chi connectivity index (χ3v) is 9.72. The van der Waals surface area contributed by atoms with Crippen LogP contribution < -0.4 is 11.1 Å². The molecule has 0 radical (unpaired) electrons. The summed E-state index contributed by atoms with van der Waals surface area (Å²) in [4.78, 5) is 40.9. The van der Waals surface area contributed by atoms with Crippen LogP contribution in [0.5, 0.6) is 0 Å².